The number of hydrogen-bond donors (Lipinski definition) is 13. The molecule has 384 valence electrons. The smallest absolute Gasteiger partial charge is 0.245 e. The fourth-order valence-corrected chi connectivity index (χ4v) is 8.36. The number of para-hydroxylation sites is 1. The summed E-state index contributed by atoms with van der Waals surface area (Å²) in [5.74, 6) is -5.51. The zero-order valence-electron chi connectivity index (χ0n) is 40.3. The summed E-state index contributed by atoms with van der Waals surface area (Å²) < 4.78 is 0. The van der Waals surface area contributed by atoms with Crippen LogP contribution in [0.5, 0.6) is 0 Å². The molecular formula is C51H70N10O10. The van der Waals surface area contributed by atoms with Crippen LogP contribution in [0.2, 0.25) is 0 Å². The summed E-state index contributed by atoms with van der Waals surface area (Å²) in [6.45, 7) is 2.26. The van der Waals surface area contributed by atoms with Crippen molar-refractivity contribution in [3.05, 3.63) is 108 Å². The third-order valence-corrected chi connectivity index (χ3v) is 12.5. The molecule has 1 aliphatic heterocycles. The van der Waals surface area contributed by atoms with E-state index in [4.69, 9.17) is 11.5 Å². The second-order valence-corrected chi connectivity index (χ2v) is 18.2. The highest BCUT2D eigenvalue weighted by Crippen LogP contribution is 2.20. The summed E-state index contributed by atoms with van der Waals surface area (Å²) in [5, 5.41) is 50.7. The molecule has 7 amide bonds. The highest BCUT2D eigenvalue weighted by atomic mass is 16.3. The van der Waals surface area contributed by atoms with Gasteiger partial charge in [0, 0.05) is 29.9 Å². The van der Waals surface area contributed by atoms with Crippen LogP contribution in [0.1, 0.15) is 75.5 Å². The number of nitrogens with one attached hydrogen (secondary N) is 8. The predicted molar refractivity (Wildman–Crippen MR) is 266 cm³/mol. The maximum atomic E-state index is 14.7. The van der Waals surface area contributed by atoms with E-state index in [9.17, 15) is 48.9 Å². The Morgan fingerprint density at radius 1 is 0.704 bits per heavy atom. The van der Waals surface area contributed by atoms with E-state index >= 15 is 0 Å². The van der Waals surface area contributed by atoms with E-state index in [1.807, 2.05) is 54.6 Å². The second kappa shape index (κ2) is 27.6. The van der Waals surface area contributed by atoms with Crippen molar-refractivity contribution in [2.75, 3.05) is 13.2 Å². The lowest BCUT2D eigenvalue weighted by Gasteiger charge is -2.29. The molecule has 10 atom stereocenters. The van der Waals surface area contributed by atoms with Crippen LogP contribution in [0.4, 0.5) is 0 Å². The zero-order valence-corrected chi connectivity index (χ0v) is 40.3. The van der Waals surface area contributed by atoms with Gasteiger partial charge in [0.15, 0.2) is 0 Å². The highest BCUT2D eigenvalue weighted by molar-refractivity contribution is 5.98. The average molecular weight is 983 g/mol. The SMILES string of the molecule is C[C@@H](O)[C@@H]1NC(=O)[C@H](CCCCN)NC(=O)[C@@H](Cc2c[nH]c3ccccc23)NC(=O)[C@H](Cc2ccccc2)NC(=O)C(NC(=O)[C@H](N)Cc2ccccc2)CCCC[C@@H](C(=O)N[C@H](CO)[C@@H](C)O)NC1=O. The van der Waals surface area contributed by atoms with Gasteiger partial charge in [0.25, 0.3) is 0 Å². The van der Waals surface area contributed by atoms with Gasteiger partial charge in [0.05, 0.1) is 30.9 Å². The number of fused-ring (bicyclic) bond motifs is 1. The number of amides is 7. The summed E-state index contributed by atoms with van der Waals surface area (Å²) in [4.78, 5) is 103. The number of unbranched alkanes of at least 4 members (excludes halogenated alkanes) is 1. The van der Waals surface area contributed by atoms with Crippen molar-refractivity contribution in [1.82, 2.24) is 42.2 Å². The monoisotopic (exact) mass is 983 g/mol. The number of benzene rings is 3. The number of rotatable bonds is 17. The van der Waals surface area contributed by atoms with Crippen molar-refractivity contribution in [3.63, 3.8) is 0 Å². The molecule has 0 spiro atoms. The second-order valence-electron chi connectivity index (χ2n) is 18.2. The Hall–Kier alpha value is -6.71. The third kappa shape index (κ3) is 16.7. The number of H-pyrrole nitrogens is 1. The zero-order chi connectivity index (χ0) is 51.5. The number of carbonyl (C=O) groups excluding carboxylic acids is 7. The van der Waals surface area contributed by atoms with Crippen molar-refractivity contribution in [1.29, 1.82) is 0 Å². The van der Waals surface area contributed by atoms with Gasteiger partial charge in [-0.15, -0.1) is 0 Å². The molecule has 20 nitrogen and oxygen atoms in total. The molecule has 1 fully saturated rings. The molecule has 0 saturated carbocycles. The van der Waals surface area contributed by atoms with Crippen LogP contribution in [0.15, 0.2) is 91.1 Å². The van der Waals surface area contributed by atoms with Gasteiger partial charge in [-0.3, -0.25) is 33.6 Å². The maximum absolute atomic E-state index is 14.7. The molecule has 0 bridgehead atoms. The van der Waals surface area contributed by atoms with Crippen LogP contribution in [0.25, 0.3) is 10.9 Å². The van der Waals surface area contributed by atoms with Gasteiger partial charge in [-0.05, 0) is 81.7 Å². The van der Waals surface area contributed by atoms with Gasteiger partial charge in [-0.2, -0.15) is 0 Å². The Morgan fingerprint density at radius 2 is 1.30 bits per heavy atom. The highest BCUT2D eigenvalue weighted by Gasteiger charge is 2.36. The Bertz CT molecular complexity index is 2380. The molecule has 15 N–H and O–H groups in total. The Kier molecular flexibility index (Phi) is 21.5. The lowest BCUT2D eigenvalue weighted by Crippen LogP contribution is -2.62. The van der Waals surface area contributed by atoms with Crippen molar-refractivity contribution < 1.29 is 48.9 Å². The first-order chi connectivity index (χ1) is 34.1. The van der Waals surface area contributed by atoms with E-state index in [1.165, 1.54) is 13.8 Å². The van der Waals surface area contributed by atoms with E-state index in [-0.39, 0.29) is 57.9 Å². The van der Waals surface area contributed by atoms with Crippen LogP contribution < -0.4 is 48.7 Å². The lowest BCUT2D eigenvalue weighted by atomic mass is 9.99. The summed E-state index contributed by atoms with van der Waals surface area (Å²) in [6.07, 6.45) is 0.113. The topological polar surface area (TPSA) is 332 Å². The molecule has 5 rings (SSSR count). The van der Waals surface area contributed by atoms with Gasteiger partial charge in [0.1, 0.15) is 36.3 Å². The van der Waals surface area contributed by atoms with E-state index < -0.39 is 108 Å². The van der Waals surface area contributed by atoms with Gasteiger partial charge in [0.2, 0.25) is 41.4 Å². The molecule has 2 heterocycles. The average Bonchev–Trinajstić information content (AvgIpc) is 3.76. The van der Waals surface area contributed by atoms with Crippen molar-refractivity contribution in [2.45, 2.75) is 139 Å². The number of aromatic amines is 1. The molecule has 71 heavy (non-hydrogen) atoms. The largest absolute Gasteiger partial charge is 0.394 e. The lowest BCUT2D eigenvalue weighted by molar-refractivity contribution is -0.137. The van der Waals surface area contributed by atoms with E-state index in [2.05, 4.69) is 42.2 Å². The van der Waals surface area contributed by atoms with Gasteiger partial charge in [-0.25, -0.2) is 0 Å². The minimum absolute atomic E-state index is 0.0311. The molecule has 0 radical (unpaired) electrons. The predicted octanol–water partition coefficient (Wildman–Crippen LogP) is -0.626. The number of nitrogens with two attached hydrogens (primary N) is 2. The Balaban J connectivity index is 1.56. The summed E-state index contributed by atoms with van der Waals surface area (Å²) in [6, 6.07) is 14.9. The molecule has 1 aromatic heterocycles. The first-order valence-corrected chi connectivity index (χ1v) is 24.3. The van der Waals surface area contributed by atoms with Gasteiger partial charge in [-0.1, -0.05) is 91.7 Å². The summed E-state index contributed by atoms with van der Waals surface area (Å²) >= 11 is 0. The molecule has 3 aromatic carbocycles. The van der Waals surface area contributed by atoms with Crippen LogP contribution >= 0.6 is 0 Å². The first kappa shape index (κ1) is 55.2. The number of aliphatic hydroxyl groups excluding tert-OH is 3. The summed E-state index contributed by atoms with van der Waals surface area (Å²) in [5.41, 5.74) is 15.0. The van der Waals surface area contributed by atoms with E-state index in [0.717, 1.165) is 16.5 Å². The molecule has 4 aromatic rings. The molecule has 1 aliphatic rings. The van der Waals surface area contributed by atoms with Crippen molar-refractivity contribution >= 4 is 52.3 Å². The minimum atomic E-state index is -1.65. The van der Waals surface area contributed by atoms with Crippen LogP contribution in [-0.2, 0) is 52.8 Å². The van der Waals surface area contributed by atoms with Crippen molar-refractivity contribution in [3.8, 4) is 0 Å². The van der Waals surface area contributed by atoms with E-state index in [1.54, 1.807) is 36.5 Å². The fraction of sp³-hybridized carbons (Fsp3) is 0.471. The van der Waals surface area contributed by atoms with Gasteiger partial charge < -0.3 is 69.0 Å². The minimum Gasteiger partial charge on any atom is -0.394 e. The maximum Gasteiger partial charge on any atom is 0.245 e. The summed E-state index contributed by atoms with van der Waals surface area (Å²) in [7, 11) is 0. The van der Waals surface area contributed by atoms with E-state index in [0.29, 0.717) is 24.0 Å². The molecule has 1 saturated heterocycles. The number of aromatic nitrogens is 1. The molecular weight excluding hydrogens is 913 g/mol. The number of carbonyl (C=O) groups is 7. The standard InChI is InChI=1S/C51H70N10O10/c1-30(63)43(29-62)60-47(67)39-22-12-11-21-38(55-45(65)36(53)25-32-15-5-3-6-16-32)46(66)58-41(26-33-17-7-4-8-18-33)49(69)59-42(27-34-28-54-37-20-10-9-19-35(34)37)50(70)56-40(23-13-14-24-52)48(68)61-44(31(2)64)51(71)57-39/h3-10,15-20,28,30-31,36,38-44,54,62-64H,11-14,21-27,29,52-53H2,1-2H3,(H,55,65)(H,56,70)(H,57,71)(H,58,66)(H,59,69)(H,60,67)(H,61,68)/t30-,31-,36-,38?,39+,40+,41+,42-,43-,44+/m1/s1. The first-order valence-electron chi connectivity index (χ1n) is 24.3. The van der Waals surface area contributed by atoms with Crippen LogP contribution in [-0.4, -0.2) is 135 Å². The fourth-order valence-electron chi connectivity index (χ4n) is 8.36. The molecule has 0 aliphatic carbocycles. The Labute approximate surface area is 413 Å². The Morgan fingerprint density at radius 3 is 1.94 bits per heavy atom. The van der Waals surface area contributed by atoms with Gasteiger partial charge >= 0.3 is 0 Å². The third-order valence-electron chi connectivity index (χ3n) is 12.5. The molecule has 20 heteroatoms. The van der Waals surface area contributed by atoms with Crippen LogP contribution in [0, 0.1) is 0 Å². The quantitative estimate of drug-likeness (QED) is 0.0589. The number of hydrogen-bond acceptors (Lipinski definition) is 12. The van der Waals surface area contributed by atoms with Crippen LogP contribution in [0.3, 0.4) is 0 Å². The molecule has 1 unspecified atom stereocenters. The normalized spacial score (nSPS) is 22.8. The van der Waals surface area contributed by atoms with Crippen molar-refractivity contribution in [2.24, 2.45) is 11.5 Å². The number of aliphatic hydroxyl groups is 3.